The van der Waals surface area contributed by atoms with Crippen LogP contribution in [0.15, 0.2) is 52.9 Å². The molecule has 1 aliphatic rings. The van der Waals surface area contributed by atoms with Crippen LogP contribution in [0.2, 0.25) is 5.02 Å². The topological polar surface area (TPSA) is 68.7 Å². The van der Waals surface area contributed by atoms with Gasteiger partial charge in [-0.15, -0.1) is 0 Å². The van der Waals surface area contributed by atoms with Crippen molar-refractivity contribution < 1.29 is 13.9 Å². The molecule has 0 saturated carbocycles. The highest BCUT2D eigenvalue weighted by molar-refractivity contribution is 6.32. The van der Waals surface area contributed by atoms with Gasteiger partial charge in [-0.2, -0.15) is 0 Å². The molecule has 5 nitrogen and oxygen atoms in total. The zero-order chi connectivity index (χ0) is 18.8. The molecule has 2 aromatic carbocycles. The van der Waals surface area contributed by atoms with Crippen molar-refractivity contribution in [2.45, 2.75) is 25.5 Å². The van der Waals surface area contributed by atoms with E-state index in [2.05, 4.69) is 0 Å². The SMILES string of the molecule is NC1CCCN(C(=O)c2oc3ccccc3c2COc2ccccc2Cl)C1. The van der Waals surface area contributed by atoms with Crippen molar-refractivity contribution in [2.75, 3.05) is 13.1 Å². The number of fused-ring (bicyclic) bond motifs is 1. The summed E-state index contributed by atoms with van der Waals surface area (Å²) in [5, 5.41) is 1.40. The van der Waals surface area contributed by atoms with Crippen LogP contribution in [-0.2, 0) is 6.61 Å². The van der Waals surface area contributed by atoms with Crippen LogP contribution in [0.4, 0.5) is 0 Å². The maximum Gasteiger partial charge on any atom is 0.290 e. The molecule has 0 radical (unpaired) electrons. The summed E-state index contributed by atoms with van der Waals surface area (Å²) in [7, 11) is 0. The Labute approximate surface area is 162 Å². The number of benzene rings is 2. The molecule has 0 bridgehead atoms. The third-order valence-electron chi connectivity index (χ3n) is 4.85. The largest absolute Gasteiger partial charge is 0.487 e. The van der Waals surface area contributed by atoms with Gasteiger partial charge in [-0.25, -0.2) is 0 Å². The summed E-state index contributed by atoms with van der Waals surface area (Å²) in [4.78, 5) is 14.9. The Bertz CT molecular complexity index is 969. The molecule has 0 aliphatic carbocycles. The number of carbonyl (C=O) groups is 1. The van der Waals surface area contributed by atoms with Crippen LogP contribution in [0.25, 0.3) is 11.0 Å². The molecule has 140 valence electrons. The quantitative estimate of drug-likeness (QED) is 0.730. The number of hydrogen-bond donors (Lipinski definition) is 1. The van der Waals surface area contributed by atoms with Crippen molar-refractivity contribution >= 4 is 28.5 Å². The first-order valence-corrected chi connectivity index (χ1v) is 9.44. The van der Waals surface area contributed by atoms with Crippen molar-refractivity contribution in [1.29, 1.82) is 0 Å². The molecule has 0 spiro atoms. The lowest BCUT2D eigenvalue weighted by Crippen LogP contribution is -2.45. The maximum absolute atomic E-state index is 13.1. The molecule has 1 aromatic heterocycles. The number of hydrogen-bond acceptors (Lipinski definition) is 4. The number of likely N-dealkylation sites (tertiary alicyclic amines) is 1. The number of amides is 1. The second-order valence-corrected chi connectivity index (χ2v) is 7.19. The van der Waals surface area contributed by atoms with E-state index in [1.807, 2.05) is 36.4 Å². The van der Waals surface area contributed by atoms with Gasteiger partial charge < -0.3 is 19.8 Å². The van der Waals surface area contributed by atoms with Gasteiger partial charge in [0.05, 0.1) is 5.02 Å². The van der Waals surface area contributed by atoms with E-state index in [4.69, 9.17) is 26.5 Å². The average Bonchev–Trinajstić information content (AvgIpc) is 3.05. The Balaban J connectivity index is 1.67. The summed E-state index contributed by atoms with van der Waals surface area (Å²) in [5.74, 6) is 0.749. The molecule has 1 amide bonds. The lowest BCUT2D eigenvalue weighted by atomic mass is 10.1. The van der Waals surface area contributed by atoms with Crippen LogP contribution in [0.5, 0.6) is 5.75 Å². The zero-order valence-corrected chi connectivity index (χ0v) is 15.6. The first-order valence-electron chi connectivity index (χ1n) is 9.06. The first-order chi connectivity index (χ1) is 13.1. The predicted molar refractivity (Wildman–Crippen MR) is 105 cm³/mol. The van der Waals surface area contributed by atoms with E-state index >= 15 is 0 Å². The number of ether oxygens (including phenoxy) is 1. The highest BCUT2D eigenvalue weighted by atomic mass is 35.5. The molecule has 4 rings (SSSR count). The number of carbonyl (C=O) groups excluding carboxylic acids is 1. The fourth-order valence-corrected chi connectivity index (χ4v) is 3.65. The minimum atomic E-state index is -0.140. The first kappa shape index (κ1) is 17.9. The van der Waals surface area contributed by atoms with Gasteiger partial charge in [0.15, 0.2) is 5.76 Å². The molecular formula is C21H21ClN2O3. The monoisotopic (exact) mass is 384 g/mol. The van der Waals surface area contributed by atoms with E-state index in [1.165, 1.54) is 0 Å². The van der Waals surface area contributed by atoms with Crippen molar-refractivity contribution in [1.82, 2.24) is 4.90 Å². The molecule has 2 heterocycles. The van der Waals surface area contributed by atoms with Gasteiger partial charge >= 0.3 is 0 Å². The average molecular weight is 385 g/mol. The predicted octanol–water partition coefficient (Wildman–Crippen LogP) is 4.23. The summed E-state index contributed by atoms with van der Waals surface area (Å²) in [6.45, 7) is 1.43. The van der Waals surface area contributed by atoms with E-state index in [9.17, 15) is 4.79 Å². The molecule has 1 atom stereocenters. The Morgan fingerprint density at radius 1 is 1.22 bits per heavy atom. The summed E-state index contributed by atoms with van der Waals surface area (Å²) in [6, 6.07) is 14.9. The normalized spacial score (nSPS) is 17.3. The molecule has 1 unspecified atom stereocenters. The van der Waals surface area contributed by atoms with Gasteiger partial charge in [-0.05, 0) is 31.0 Å². The van der Waals surface area contributed by atoms with Crippen molar-refractivity contribution in [3.63, 3.8) is 0 Å². The lowest BCUT2D eigenvalue weighted by Gasteiger charge is -2.30. The van der Waals surface area contributed by atoms with Gasteiger partial charge in [-0.1, -0.05) is 41.9 Å². The van der Waals surface area contributed by atoms with Crippen LogP contribution < -0.4 is 10.5 Å². The number of piperidine rings is 1. The second kappa shape index (κ2) is 7.62. The highest BCUT2D eigenvalue weighted by Gasteiger charge is 2.28. The van der Waals surface area contributed by atoms with Crippen LogP contribution >= 0.6 is 11.6 Å². The minimum Gasteiger partial charge on any atom is -0.487 e. The number of furan rings is 1. The Hall–Kier alpha value is -2.50. The number of halogens is 1. The number of nitrogens with two attached hydrogens (primary N) is 1. The summed E-state index contributed by atoms with van der Waals surface area (Å²) >= 11 is 6.19. The van der Waals surface area contributed by atoms with E-state index < -0.39 is 0 Å². The molecule has 3 aromatic rings. The van der Waals surface area contributed by atoms with E-state index in [0.717, 1.165) is 23.8 Å². The van der Waals surface area contributed by atoms with Crippen LogP contribution in [-0.4, -0.2) is 29.9 Å². The standard InChI is InChI=1S/C21H21ClN2O3/c22-17-8-2-4-10-19(17)26-13-16-15-7-1-3-9-18(15)27-20(16)21(25)24-11-5-6-14(23)12-24/h1-4,7-10,14H,5-6,11-13,23H2. The summed E-state index contributed by atoms with van der Waals surface area (Å²) in [5.41, 5.74) is 7.44. The third kappa shape index (κ3) is 3.66. The van der Waals surface area contributed by atoms with Gasteiger partial charge in [0.25, 0.3) is 5.91 Å². The van der Waals surface area contributed by atoms with Crippen LogP contribution in [0, 0.1) is 0 Å². The molecule has 1 saturated heterocycles. The lowest BCUT2D eigenvalue weighted by molar-refractivity contribution is 0.0675. The summed E-state index contributed by atoms with van der Waals surface area (Å²) < 4.78 is 11.8. The van der Waals surface area contributed by atoms with Gasteiger partial charge in [0.2, 0.25) is 0 Å². The van der Waals surface area contributed by atoms with E-state index in [0.29, 0.717) is 35.2 Å². The molecule has 1 fully saturated rings. The second-order valence-electron chi connectivity index (χ2n) is 6.78. The van der Waals surface area contributed by atoms with Gasteiger partial charge in [0, 0.05) is 30.1 Å². The minimum absolute atomic E-state index is 0.00917. The van der Waals surface area contributed by atoms with Crippen LogP contribution in [0.3, 0.4) is 0 Å². The van der Waals surface area contributed by atoms with Crippen molar-refractivity contribution in [3.05, 3.63) is 64.9 Å². The van der Waals surface area contributed by atoms with Gasteiger partial charge in [-0.3, -0.25) is 4.79 Å². The maximum atomic E-state index is 13.1. The molecular weight excluding hydrogens is 364 g/mol. The zero-order valence-electron chi connectivity index (χ0n) is 14.9. The number of nitrogens with zero attached hydrogens (tertiary/aromatic N) is 1. The Morgan fingerprint density at radius 3 is 2.81 bits per heavy atom. The number of rotatable bonds is 4. The molecule has 2 N–H and O–H groups in total. The third-order valence-corrected chi connectivity index (χ3v) is 5.16. The summed E-state index contributed by atoms with van der Waals surface area (Å²) in [6.07, 6.45) is 1.84. The molecule has 1 aliphatic heterocycles. The van der Waals surface area contributed by atoms with Crippen molar-refractivity contribution in [2.24, 2.45) is 5.73 Å². The fourth-order valence-electron chi connectivity index (χ4n) is 3.46. The van der Waals surface area contributed by atoms with Crippen molar-refractivity contribution in [3.8, 4) is 5.75 Å². The fraction of sp³-hybridized carbons (Fsp3) is 0.286. The van der Waals surface area contributed by atoms with Crippen LogP contribution in [0.1, 0.15) is 29.0 Å². The Morgan fingerprint density at radius 2 is 2.00 bits per heavy atom. The van der Waals surface area contributed by atoms with Gasteiger partial charge in [0.1, 0.15) is 17.9 Å². The smallest absolute Gasteiger partial charge is 0.290 e. The van der Waals surface area contributed by atoms with E-state index in [1.54, 1.807) is 17.0 Å². The highest BCUT2D eigenvalue weighted by Crippen LogP contribution is 2.30. The molecule has 27 heavy (non-hydrogen) atoms. The Kier molecular flexibility index (Phi) is 5.05. The number of para-hydroxylation sites is 2. The molecule has 6 heteroatoms. The van der Waals surface area contributed by atoms with E-state index in [-0.39, 0.29) is 18.6 Å².